The van der Waals surface area contributed by atoms with E-state index in [1.807, 2.05) is 6.92 Å². The van der Waals surface area contributed by atoms with Crippen molar-refractivity contribution in [2.75, 3.05) is 0 Å². The van der Waals surface area contributed by atoms with Crippen molar-refractivity contribution in [3.8, 4) is 0 Å². The van der Waals surface area contributed by atoms with Gasteiger partial charge in [-0.1, -0.05) is 0 Å². The number of hydrogen-bond donors (Lipinski definition) is 1. The van der Waals surface area contributed by atoms with Crippen LogP contribution in [-0.4, -0.2) is 5.78 Å². The summed E-state index contributed by atoms with van der Waals surface area (Å²) >= 11 is 0. The molecule has 0 spiro atoms. The first-order valence-electron chi connectivity index (χ1n) is 1.24. The Labute approximate surface area is 28.8 Å². The van der Waals surface area contributed by atoms with Gasteiger partial charge >= 0.3 is 0 Å². The molecule has 0 fully saturated rings. The smallest absolute Gasteiger partial charge is 0.0156 e. The molecule has 0 aromatic heterocycles. The molecule has 0 saturated carbocycles. The van der Waals surface area contributed by atoms with E-state index >= 15 is 0 Å². The Morgan fingerprint density at radius 1 is 2.00 bits per heavy atom. The number of nitrogens with two attached hydrogens (primary N) is 1. The van der Waals surface area contributed by atoms with Crippen LogP contribution >= 0.6 is 9.24 Å². The summed E-state index contributed by atoms with van der Waals surface area (Å²) in [6.07, 6.45) is 0. The molecule has 0 aliphatic carbocycles. The lowest BCUT2D eigenvalue weighted by molar-refractivity contribution is 1.05. The Balaban J connectivity index is 2.32. The molecule has 0 saturated heterocycles. The normalized spacial score (nSPS) is 15.8. The lowest BCUT2D eigenvalue weighted by atomic mass is 10.8. The molecule has 2 N–H and O–H groups in total. The lowest BCUT2D eigenvalue weighted by Gasteiger charge is -1.81. The monoisotopic (exact) mass is 77.0 g/mol. The van der Waals surface area contributed by atoms with Gasteiger partial charge in [0.05, 0.1) is 0 Å². The third-order valence-corrected chi connectivity index (χ3v) is 0. The molecule has 0 aromatic rings. The highest BCUT2D eigenvalue weighted by Gasteiger charge is 1.66. The van der Waals surface area contributed by atoms with Crippen LogP contribution in [0.2, 0.25) is 0 Å². The van der Waals surface area contributed by atoms with E-state index in [1.54, 1.807) is 0 Å². The minimum atomic E-state index is 0.250. The van der Waals surface area contributed by atoms with Crippen LogP contribution in [0.3, 0.4) is 0 Å². The Hall–Kier alpha value is 0.390. The molecule has 1 unspecified atom stereocenters. The first-order chi connectivity index (χ1) is 1.73. The van der Waals surface area contributed by atoms with Crippen LogP contribution in [0.25, 0.3) is 0 Å². The van der Waals surface area contributed by atoms with Crippen molar-refractivity contribution in [3.05, 3.63) is 0 Å². The third kappa shape index (κ3) is 30.4. The molecule has 0 amide bonds. The zero-order valence-corrected chi connectivity index (χ0v) is 3.89. The zero-order valence-electron chi connectivity index (χ0n) is 2.73. The number of hydrogen-bond acceptors (Lipinski definition) is 1. The molecule has 0 aromatic carbocycles. The highest BCUT2D eigenvalue weighted by molar-refractivity contribution is 7.17. The lowest BCUT2D eigenvalue weighted by Crippen LogP contribution is -2.02. The molecule has 2 heteroatoms. The summed E-state index contributed by atoms with van der Waals surface area (Å²) in [5, 5.41) is 0. The molecule has 0 bridgehead atoms. The third-order valence-electron chi connectivity index (χ3n) is 0. The molecule has 0 aliphatic rings. The topological polar surface area (TPSA) is 26.0 Å². The van der Waals surface area contributed by atoms with Crippen LogP contribution in [0.5, 0.6) is 0 Å². The molecule has 1 nitrogen and oxygen atoms in total. The van der Waals surface area contributed by atoms with Gasteiger partial charge < -0.3 is 5.73 Å². The highest BCUT2D eigenvalue weighted by Crippen LogP contribution is 1.81. The maximum atomic E-state index is 5.07. The van der Waals surface area contributed by atoms with E-state index in [2.05, 4.69) is 9.24 Å². The molecule has 2 atom stereocenters. The van der Waals surface area contributed by atoms with Gasteiger partial charge in [0, 0.05) is 5.78 Å². The second kappa shape index (κ2) is 1.68. The summed E-state index contributed by atoms with van der Waals surface area (Å²) < 4.78 is 0. The fraction of sp³-hybridized carbons (Fsp3) is 1.00. The van der Waals surface area contributed by atoms with E-state index in [0.717, 1.165) is 0 Å². The van der Waals surface area contributed by atoms with Gasteiger partial charge in [0.15, 0.2) is 0 Å². The van der Waals surface area contributed by atoms with Crippen molar-refractivity contribution in [3.63, 3.8) is 0 Å². The van der Waals surface area contributed by atoms with Gasteiger partial charge in [-0.05, 0) is 6.92 Å². The Bertz CT molecular complexity index is 10.8. The van der Waals surface area contributed by atoms with Crippen LogP contribution < -0.4 is 5.73 Å². The number of rotatable bonds is 0. The van der Waals surface area contributed by atoms with E-state index in [1.165, 1.54) is 0 Å². The maximum Gasteiger partial charge on any atom is 0.0156 e. The first-order valence-corrected chi connectivity index (χ1v) is 1.91. The van der Waals surface area contributed by atoms with Crippen molar-refractivity contribution < 1.29 is 0 Å². The summed E-state index contributed by atoms with van der Waals surface area (Å²) in [6.45, 7) is 1.91. The zero-order chi connectivity index (χ0) is 3.58. The molecule has 0 radical (unpaired) electrons. The highest BCUT2D eigenvalue weighted by atomic mass is 31.0. The van der Waals surface area contributed by atoms with E-state index in [9.17, 15) is 0 Å². The van der Waals surface area contributed by atoms with Crippen molar-refractivity contribution >= 4 is 9.24 Å². The average Bonchev–Trinajstić information content (AvgIpc) is 0.811. The van der Waals surface area contributed by atoms with Crippen molar-refractivity contribution in [1.29, 1.82) is 0 Å². The Morgan fingerprint density at radius 3 is 2.00 bits per heavy atom. The van der Waals surface area contributed by atoms with E-state index in [0.29, 0.717) is 0 Å². The second-order valence-corrected chi connectivity index (χ2v) is 1.91. The fourth-order valence-corrected chi connectivity index (χ4v) is 0. The van der Waals surface area contributed by atoms with Gasteiger partial charge in [-0.25, -0.2) is 0 Å². The predicted molar refractivity (Wildman–Crippen MR) is 23.4 cm³/mol. The second-order valence-electron chi connectivity index (χ2n) is 0.859. The van der Waals surface area contributed by atoms with Crippen molar-refractivity contribution in [1.82, 2.24) is 0 Å². The van der Waals surface area contributed by atoms with Crippen molar-refractivity contribution in [2.24, 2.45) is 5.73 Å². The van der Waals surface area contributed by atoms with Crippen LogP contribution in [0.15, 0.2) is 0 Å². The van der Waals surface area contributed by atoms with Gasteiger partial charge in [-0.15, -0.1) is 9.24 Å². The van der Waals surface area contributed by atoms with E-state index < -0.39 is 0 Å². The maximum absolute atomic E-state index is 5.07. The SMILES string of the molecule is C[C@H](N)P. The molecule has 0 heterocycles. The molecular formula is C2H8NP. The van der Waals surface area contributed by atoms with Crippen LogP contribution in [0.4, 0.5) is 0 Å². The molecule has 4 heavy (non-hydrogen) atoms. The molecule has 26 valence electrons. The quantitative estimate of drug-likeness (QED) is 0.410. The van der Waals surface area contributed by atoms with Gasteiger partial charge in [0.1, 0.15) is 0 Å². The summed E-state index contributed by atoms with van der Waals surface area (Å²) in [7, 11) is 2.44. The summed E-state index contributed by atoms with van der Waals surface area (Å²) in [5.41, 5.74) is 5.07. The minimum Gasteiger partial charge on any atom is -0.325 e. The van der Waals surface area contributed by atoms with Gasteiger partial charge in [-0.3, -0.25) is 0 Å². The van der Waals surface area contributed by atoms with Crippen LogP contribution in [-0.2, 0) is 0 Å². The predicted octanol–water partition coefficient (Wildman–Crippen LogP) is 0.166. The standard InChI is InChI=1S/C2H8NP/c1-2(3)4/h2H,3-4H2,1H3/t2-/m1/s1. The molecule has 0 rings (SSSR count). The fourth-order valence-electron chi connectivity index (χ4n) is 0. The Morgan fingerprint density at radius 2 is 2.00 bits per heavy atom. The van der Waals surface area contributed by atoms with Crippen molar-refractivity contribution in [2.45, 2.75) is 12.7 Å². The first kappa shape index (κ1) is 4.39. The Kier molecular flexibility index (Phi) is 1.85. The molecular weight excluding hydrogens is 69.0 g/mol. The van der Waals surface area contributed by atoms with E-state index in [-0.39, 0.29) is 5.78 Å². The summed E-state index contributed by atoms with van der Waals surface area (Å²) in [4.78, 5) is 0. The van der Waals surface area contributed by atoms with E-state index in [4.69, 9.17) is 5.73 Å². The largest absolute Gasteiger partial charge is 0.325 e. The molecule has 0 aliphatic heterocycles. The van der Waals surface area contributed by atoms with Gasteiger partial charge in [0.2, 0.25) is 0 Å². The van der Waals surface area contributed by atoms with Crippen LogP contribution in [0, 0.1) is 0 Å². The summed E-state index contributed by atoms with van der Waals surface area (Å²) in [6, 6.07) is 0. The average molecular weight is 77.1 g/mol. The summed E-state index contributed by atoms with van der Waals surface area (Å²) in [5.74, 6) is 0.250. The van der Waals surface area contributed by atoms with Crippen LogP contribution in [0.1, 0.15) is 6.92 Å². The van der Waals surface area contributed by atoms with Gasteiger partial charge in [-0.2, -0.15) is 0 Å². The van der Waals surface area contributed by atoms with Gasteiger partial charge in [0.25, 0.3) is 0 Å². The minimum absolute atomic E-state index is 0.250.